The second-order valence-corrected chi connectivity index (χ2v) is 4.84. The van der Waals surface area contributed by atoms with Gasteiger partial charge in [0, 0.05) is 17.3 Å². The van der Waals surface area contributed by atoms with Crippen LogP contribution in [0.25, 0.3) is 0 Å². The number of halogens is 2. The highest BCUT2D eigenvalue weighted by Gasteiger charge is 2.12. The summed E-state index contributed by atoms with van der Waals surface area (Å²) in [5, 5.41) is 4.47. The smallest absolute Gasteiger partial charge is 0.0595 e. The van der Waals surface area contributed by atoms with Gasteiger partial charge in [-0.25, -0.2) is 0 Å². The van der Waals surface area contributed by atoms with E-state index in [9.17, 15) is 0 Å². The standard InChI is InChI=1S/C13H13Cl2N/c1-8-5-11(6-9(2)16-8)10-3-4-12(14)13(15)7-10/h3-7,11,16H,1-2H3. The van der Waals surface area contributed by atoms with E-state index in [4.69, 9.17) is 23.2 Å². The number of nitrogens with one attached hydrogen (secondary N) is 1. The van der Waals surface area contributed by atoms with E-state index < -0.39 is 0 Å². The minimum Gasteiger partial charge on any atom is -0.363 e. The van der Waals surface area contributed by atoms with Crippen LogP contribution in [0.15, 0.2) is 41.7 Å². The van der Waals surface area contributed by atoms with Gasteiger partial charge < -0.3 is 5.32 Å². The largest absolute Gasteiger partial charge is 0.363 e. The van der Waals surface area contributed by atoms with E-state index in [-0.39, 0.29) is 5.92 Å². The molecule has 0 aliphatic carbocycles. The maximum absolute atomic E-state index is 6.02. The van der Waals surface area contributed by atoms with Gasteiger partial charge in [0.05, 0.1) is 10.0 Å². The molecule has 1 N–H and O–H groups in total. The minimum atomic E-state index is 0.274. The molecule has 0 fully saturated rings. The monoisotopic (exact) mass is 253 g/mol. The first kappa shape index (κ1) is 11.6. The van der Waals surface area contributed by atoms with E-state index in [1.54, 1.807) is 0 Å². The van der Waals surface area contributed by atoms with Crippen molar-refractivity contribution in [3.05, 3.63) is 57.4 Å². The molecular weight excluding hydrogens is 241 g/mol. The number of allylic oxidation sites excluding steroid dienone is 4. The molecule has 0 saturated heterocycles. The number of hydrogen-bond donors (Lipinski definition) is 1. The number of rotatable bonds is 1. The Balaban J connectivity index is 2.37. The fourth-order valence-corrected chi connectivity index (χ4v) is 2.20. The van der Waals surface area contributed by atoms with Crippen molar-refractivity contribution in [2.24, 2.45) is 0 Å². The summed E-state index contributed by atoms with van der Waals surface area (Å²) in [6.07, 6.45) is 4.35. The third kappa shape index (κ3) is 2.42. The quantitative estimate of drug-likeness (QED) is 0.778. The summed E-state index contributed by atoms with van der Waals surface area (Å²) >= 11 is 11.9. The molecular formula is C13H13Cl2N. The van der Waals surface area contributed by atoms with Crippen molar-refractivity contribution >= 4 is 23.2 Å². The highest BCUT2D eigenvalue weighted by atomic mass is 35.5. The molecule has 1 nitrogen and oxygen atoms in total. The Morgan fingerprint density at radius 1 is 1.00 bits per heavy atom. The van der Waals surface area contributed by atoms with Gasteiger partial charge in [0.15, 0.2) is 0 Å². The summed E-state index contributed by atoms with van der Waals surface area (Å²) < 4.78 is 0. The SMILES string of the molecule is CC1=CC(c2ccc(Cl)c(Cl)c2)C=C(C)N1. The maximum Gasteiger partial charge on any atom is 0.0595 e. The van der Waals surface area contributed by atoms with Gasteiger partial charge in [-0.3, -0.25) is 0 Å². The Bertz CT molecular complexity index is 457. The molecule has 0 unspecified atom stereocenters. The van der Waals surface area contributed by atoms with Crippen molar-refractivity contribution < 1.29 is 0 Å². The zero-order valence-electron chi connectivity index (χ0n) is 9.22. The van der Waals surface area contributed by atoms with Crippen LogP contribution in [-0.2, 0) is 0 Å². The Kier molecular flexibility index (Phi) is 3.27. The molecule has 0 amide bonds. The van der Waals surface area contributed by atoms with Gasteiger partial charge in [-0.15, -0.1) is 0 Å². The molecule has 1 aromatic rings. The van der Waals surface area contributed by atoms with E-state index >= 15 is 0 Å². The normalized spacial score (nSPS) is 16.5. The Morgan fingerprint density at radius 2 is 1.62 bits per heavy atom. The van der Waals surface area contributed by atoms with E-state index in [1.165, 1.54) is 0 Å². The predicted molar refractivity (Wildman–Crippen MR) is 69.9 cm³/mol. The van der Waals surface area contributed by atoms with Crippen molar-refractivity contribution in [2.45, 2.75) is 19.8 Å². The summed E-state index contributed by atoms with van der Waals surface area (Å²) in [7, 11) is 0. The predicted octanol–water partition coefficient (Wildman–Crippen LogP) is 4.49. The topological polar surface area (TPSA) is 12.0 Å². The first-order valence-electron chi connectivity index (χ1n) is 5.15. The lowest BCUT2D eigenvalue weighted by Crippen LogP contribution is -2.14. The third-order valence-corrected chi connectivity index (χ3v) is 3.32. The molecule has 0 radical (unpaired) electrons. The Hall–Kier alpha value is -0.920. The first-order valence-corrected chi connectivity index (χ1v) is 5.90. The summed E-state index contributed by atoms with van der Waals surface area (Å²) in [5.74, 6) is 0.274. The van der Waals surface area contributed by atoms with Crippen molar-refractivity contribution in [2.75, 3.05) is 0 Å². The highest BCUT2D eigenvalue weighted by molar-refractivity contribution is 6.42. The molecule has 84 valence electrons. The van der Waals surface area contributed by atoms with Gasteiger partial charge >= 0.3 is 0 Å². The minimum absolute atomic E-state index is 0.274. The highest BCUT2D eigenvalue weighted by Crippen LogP contribution is 2.30. The van der Waals surface area contributed by atoms with Crippen molar-refractivity contribution in [1.29, 1.82) is 0 Å². The molecule has 1 aliphatic rings. The zero-order chi connectivity index (χ0) is 11.7. The van der Waals surface area contributed by atoms with Crippen LogP contribution < -0.4 is 5.32 Å². The lowest BCUT2D eigenvalue weighted by atomic mass is 9.95. The van der Waals surface area contributed by atoms with Crippen LogP contribution in [0, 0.1) is 0 Å². The van der Waals surface area contributed by atoms with Crippen LogP contribution in [0.5, 0.6) is 0 Å². The third-order valence-electron chi connectivity index (χ3n) is 2.58. The van der Waals surface area contributed by atoms with Crippen LogP contribution in [-0.4, -0.2) is 0 Å². The Morgan fingerprint density at radius 3 is 2.19 bits per heavy atom. The van der Waals surface area contributed by atoms with Crippen molar-refractivity contribution in [1.82, 2.24) is 5.32 Å². The van der Waals surface area contributed by atoms with Crippen molar-refractivity contribution in [3.63, 3.8) is 0 Å². The van der Waals surface area contributed by atoms with Crippen LogP contribution >= 0.6 is 23.2 Å². The molecule has 2 rings (SSSR count). The molecule has 0 atom stereocenters. The fraction of sp³-hybridized carbons (Fsp3) is 0.231. The molecule has 16 heavy (non-hydrogen) atoms. The molecule has 1 aliphatic heterocycles. The van der Waals surface area contributed by atoms with Gasteiger partial charge in [0.25, 0.3) is 0 Å². The number of hydrogen-bond acceptors (Lipinski definition) is 1. The van der Waals surface area contributed by atoms with Crippen LogP contribution in [0.4, 0.5) is 0 Å². The van der Waals surface area contributed by atoms with Crippen LogP contribution in [0.3, 0.4) is 0 Å². The fourth-order valence-electron chi connectivity index (χ4n) is 1.89. The van der Waals surface area contributed by atoms with Gasteiger partial charge in [0.2, 0.25) is 0 Å². The number of dihydropyridines is 1. The maximum atomic E-state index is 6.02. The summed E-state index contributed by atoms with van der Waals surface area (Å²) in [5.41, 5.74) is 3.49. The summed E-state index contributed by atoms with van der Waals surface area (Å²) in [6.45, 7) is 4.11. The van der Waals surface area contributed by atoms with Crippen LogP contribution in [0.2, 0.25) is 10.0 Å². The molecule has 1 aromatic carbocycles. The van der Waals surface area contributed by atoms with Gasteiger partial charge in [-0.2, -0.15) is 0 Å². The van der Waals surface area contributed by atoms with Gasteiger partial charge in [-0.05, 0) is 31.5 Å². The first-order chi connectivity index (χ1) is 7.56. The molecule has 0 bridgehead atoms. The lowest BCUT2D eigenvalue weighted by Gasteiger charge is -2.19. The van der Waals surface area contributed by atoms with E-state index in [0.717, 1.165) is 17.0 Å². The number of benzene rings is 1. The lowest BCUT2D eigenvalue weighted by molar-refractivity contribution is 0.870. The van der Waals surface area contributed by atoms with Gasteiger partial charge in [0.1, 0.15) is 0 Å². The second kappa shape index (κ2) is 4.52. The molecule has 0 aromatic heterocycles. The molecule has 0 saturated carbocycles. The van der Waals surface area contributed by atoms with E-state index in [1.807, 2.05) is 18.2 Å². The summed E-state index contributed by atoms with van der Waals surface area (Å²) in [4.78, 5) is 0. The molecule has 3 heteroatoms. The Labute approximate surface area is 106 Å². The van der Waals surface area contributed by atoms with Crippen molar-refractivity contribution in [3.8, 4) is 0 Å². The van der Waals surface area contributed by atoms with Crippen LogP contribution in [0.1, 0.15) is 25.3 Å². The zero-order valence-corrected chi connectivity index (χ0v) is 10.7. The average Bonchev–Trinajstić information content (AvgIpc) is 2.20. The molecule has 0 spiro atoms. The average molecular weight is 254 g/mol. The molecule has 1 heterocycles. The van der Waals surface area contributed by atoms with E-state index in [2.05, 4.69) is 31.3 Å². The van der Waals surface area contributed by atoms with Gasteiger partial charge in [-0.1, -0.05) is 41.4 Å². The summed E-state index contributed by atoms with van der Waals surface area (Å²) in [6, 6.07) is 5.78. The van der Waals surface area contributed by atoms with E-state index in [0.29, 0.717) is 10.0 Å². The second-order valence-electron chi connectivity index (χ2n) is 4.02.